The van der Waals surface area contributed by atoms with Crippen LogP contribution in [-0.4, -0.2) is 37.3 Å². The SMILES string of the molecule is C/C=C(\C(=O)OS(C)(=O)=O)c1csc(NC(=O)OC(C)(C)C)n1. The predicted molar refractivity (Wildman–Crippen MR) is 86.6 cm³/mol. The third kappa shape index (κ3) is 6.78. The highest BCUT2D eigenvalue weighted by molar-refractivity contribution is 7.86. The first-order chi connectivity index (χ1) is 10.4. The lowest BCUT2D eigenvalue weighted by Crippen LogP contribution is -2.27. The van der Waals surface area contributed by atoms with Gasteiger partial charge >= 0.3 is 22.2 Å². The predicted octanol–water partition coefficient (Wildman–Crippen LogP) is 2.40. The molecule has 0 saturated carbocycles. The molecule has 1 N–H and O–H groups in total. The van der Waals surface area contributed by atoms with E-state index in [-0.39, 0.29) is 16.4 Å². The molecule has 8 nitrogen and oxygen atoms in total. The first-order valence-electron chi connectivity index (χ1n) is 6.47. The van der Waals surface area contributed by atoms with E-state index in [1.807, 2.05) is 0 Å². The molecule has 0 spiro atoms. The highest BCUT2D eigenvalue weighted by Crippen LogP contribution is 2.23. The van der Waals surface area contributed by atoms with Crippen LogP contribution in [0.5, 0.6) is 0 Å². The molecule has 0 aliphatic rings. The molecule has 0 saturated heterocycles. The van der Waals surface area contributed by atoms with Crippen LogP contribution >= 0.6 is 11.3 Å². The summed E-state index contributed by atoms with van der Waals surface area (Å²) in [5, 5.41) is 4.13. The lowest BCUT2D eigenvalue weighted by atomic mass is 10.2. The third-order valence-corrected chi connectivity index (χ3v) is 3.34. The number of thiazole rings is 1. The van der Waals surface area contributed by atoms with Crippen molar-refractivity contribution in [1.29, 1.82) is 0 Å². The van der Waals surface area contributed by atoms with E-state index < -0.39 is 27.8 Å². The van der Waals surface area contributed by atoms with Crippen LogP contribution in [-0.2, 0) is 23.8 Å². The molecule has 0 bridgehead atoms. The van der Waals surface area contributed by atoms with E-state index >= 15 is 0 Å². The van der Waals surface area contributed by atoms with Crippen LogP contribution in [0.1, 0.15) is 33.4 Å². The molecule has 0 fully saturated rings. The number of ether oxygens (including phenoxy) is 1. The van der Waals surface area contributed by atoms with E-state index in [1.54, 1.807) is 27.7 Å². The van der Waals surface area contributed by atoms with E-state index in [4.69, 9.17) is 4.74 Å². The van der Waals surface area contributed by atoms with Crippen LogP contribution in [0.15, 0.2) is 11.5 Å². The Kier molecular flexibility index (Phi) is 5.89. The van der Waals surface area contributed by atoms with Crippen molar-refractivity contribution in [2.24, 2.45) is 0 Å². The van der Waals surface area contributed by atoms with Gasteiger partial charge in [0, 0.05) is 5.38 Å². The minimum Gasteiger partial charge on any atom is -0.444 e. The second-order valence-corrected chi connectivity index (χ2v) is 7.88. The van der Waals surface area contributed by atoms with Crippen LogP contribution in [0.2, 0.25) is 0 Å². The minimum absolute atomic E-state index is 0.0242. The zero-order valence-electron chi connectivity index (χ0n) is 13.4. The molecule has 1 amide bonds. The van der Waals surface area contributed by atoms with Crippen LogP contribution in [0.4, 0.5) is 9.93 Å². The molecule has 23 heavy (non-hydrogen) atoms. The van der Waals surface area contributed by atoms with Gasteiger partial charge in [-0.25, -0.2) is 14.6 Å². The molecule has 10 heteroatoms. The fourth-order valence-electron chi connectivity index (χ4n) is 1.40. The van der Waals surface area contributed by atoms with Crippen molar-refractivity contribution in [1.82, 2.24) is 4.98 Å². The lowest BCUT2D eigenvalue weighted by Gasteiger charge is -2.18. The Bertz CT molecular complexity index is 728. The average molecular weight is 362 g/mol. The number of hydrogen-bond donors (Lipinski definition) is 1. The molecule has 1 rings (SSSR count). The van der Waals surface area contributed by atoms with Gasteiger partial charge in [-0.1, -0.05) is 6.08 Å². The third-order valence-electron chi connectivity index (χ3n) is 2.12. The van der Waals surface area contributed by atoms with Crippen molar-refractivity contribution in [3.63, 3.8) is 0 Å². The molecule has 0 aliphatic heterocycles. The zero-order chi connectivity index (χ0) is 17.8. The summed E-state index contributed by atoms with van der Waals surface area (Å²) in [5.74, 6) is -1.04. The summed E-state index contributed by atoms with van der Waals surface area (Å²) in [6.07, 6.45) is 1.47. The molecule has 0 atom stereocenters. The van der Waals surface area contributed by atoms with Crippen LogP contribution in [0.25, 0.3) is 5.57 Å². The van der Waals surface area contributed by atoms with E-state index in [9.17, 15) is 18.0 Å². The van der Waals surface area contributed by atoms with Gasteiger partial charge in [0.15, 0.2) is 5.13 Å². The highest BCUT2D eigenvalue weighted by atomic mass is 32.2. The van der Waals surface area contributed by atoms with E-state index in [0.29, 0.717) is 0 Å². The van der Waals surface area contributed by atoms with Crippen LogP contribution < -0.4 is 5.32 Å². The number of nitrogens with zero attached hydrogens (tertiary/aromatic N) is 1. The largest absolute Gasteiger partial charge is 0.444 e. The van der Waals surface area contributed by atoms with E-state index in [1.165, 1.54) is 11.5 Å². The number of allylic oxidation sites excluding steroid dienone is 1. The van der Waals surface area contributed by atoms with Crippen LogP contribution in [0, 0.1) is 0 Å². The number of nitrogens with one attached hydrogen (secondary N) is 1. The summed E-state index contributed by atoms with van der Waals surface area (Å²) in [7, 11) is -3.92. The summed E-state index contributed by atoms with van der Waals surface area (Å²) in [5.41, 5.74) is -0.487. The first-order valence-corrected chi connectivity index (χ1v) is 9.17. The van der Waals surface area contributed by atoms with Gasteiger partial charge in [-0.2, -0.15) is 8.42 Å². The summed E-state index contributed by atoms with van der Waals surface area (Å²) >= 11 is 1.06. The molecule has 0 unspecified atom stereocenters. The summed E-state index contributed by atoms with van der Waals surface area (Å²) in [6, 6.07) is 0. The molecular formula is C13H18N2O6S2. The maximum atomic E-state index is 11.8. The molecule has 128 valence electrons. The number of aromatic nitrogens is 1. The summed E-state index contributed by atoms with van der Waals surface area (Å²) in [4.78, 5) is 27.5. The number of carbonyl (C=O) groups is 2. The molecule has 1 aromatic heterocycles. The molecule has 1 aromatic rings. The smallest absolute Gasteiger partial charge is 0.413 e. The summed E-state index contributed by atoms with van der Waals surface area (Å²) in [6.45, 7) is 6.70. The fourth-order valence-corrected chi connectivity index (χ4v) is 2.46. The average Bonchev–Trinajstić information content (AvgIpc) is 2.72. The Morgan fingerprint density at radius 3 is 2.43 bits per heavy atom. The van der Waals surface area contributed by atoms with Gasteiger partial charge in [-0.05, 0) is 27.7 Å². The van der Waals surface area contributed by atoms with Gasteiger partial charge in [-0.15, -0.1) is 11.3 Å². The standard InChI is InChI=1S/C13H18N2O6S2/c1-6-8(10(16)21-23(5,18)19)9-7-22-11(14-9)15-12(17)20-13(2,3)4/h6-7H,1-5H3,(H,14,15,17)/b8-6-. The van der Waals surface area contributed by atoms with E-state index in [0.717, 1.165) is 17.6 Å². The molecule has 1 heterocycles. The highest BCUT2D eigenvalue weighted by Gasteiger charge is 2.21. The van der Waals surface area contributed by atoms with Gasteiger partial charge < -0.3 is 8.92 Å². The number of rotatable bonds is 4. The van der Waals surface area contributed by atoms with E-state index in [2.05, 4.69) is 14.5 Å². The van der Waals surface area contributed by atoms with Gasteiger partial charge in [0.1, 0.15) is 5.60 Å². The van der Waals surface area contributed by atoms with Crippen molar-refractivity contribution in [3.05, 3.63) is 17.2 Å². The second kappa shape index (κ2) is 7.09. The number of amides is 1. The minimum atomic E-state index is -3.92. The maximum Gasteiger partial charge on any atom is 0.413 e. The van der Waals surface area contributed by atoms with Crippen molar-refractivity contribution in [3.8, 4) is 0 Å². The molecule has 0 radical (unpaired) electrons. The number of anilines is 1. The van der Waals surface area contributed by atoms with Crippen LogP contribution in [0.3, 0.4) is 0 Å². The normalized spacial score (nSPS) is 12.7. The maximum absolute atomic E-state index is 11.8. The summed E-state index contributed by atoms with van der Waals surface area (Å²) < 4.78 is 31.4. The number of carbonyl (C=O) groups excluding carboxylic acids is 2. The Morgan fingerprint density at radius 1 is 1.35 bits per heavy atom. The van der Waals surface area contributed by atoms with Crippen molar-refractivity contribution in [2.45, 2.75) is 33.3 Å². The molecule has 0 aliphatic carbocycles. The Hall–Kier alpha value is -1.94. The van der Waals surface area contributed by atoms with Gasteiger partial charge in [0.25, 0.3) is 0 Å². The molecular weight excluding hydrogens is 344 g/mol. The topological polar surface area (TPSA) is 112 Å². The Morgan fingerprint density at radius 2 is 1.96 bits per heavy atom. The monoisotopic (exact) mass is 362 g/mol. The Balaban J connectivity index is 2.86. The Labute approximate surface area is 138 Å². The van der Waals surface area contributed by atoms with Gasteiger partial charge in [0.05, 0.1) is 17.5 Å². The molecule has 0 aromatic carbocycles. The first kappa shape index (κ1) is 19.1. The second-order valence-electron chi connectivity index (χ2n) is 5.44. The zero-order valence-corrected chi connectivity index (χ0v) is 15.0. The van der Waals surface area contributed by atoms with Gasteiger partial charge in [-0.3, -0.25) is 5.32 Å². The fraction of sp³-hybridized carbons (Fsp3) is 0.462. The van der Waals surface area contributed by atoms with Gasteiger partial charge in [0.2, 0.25) is 0 Å². The quantitative estimate of drug-likeness (QED) is 0.646. The lowest BCUT2D eigenvalue weighted by molar-refractivity contribution is -0.127. The van der Waals surface area contributed by atoms with Crippen molar-refractivity contribution in [2.75, 3.05) is 11.6 Å². The van der Waals surface area contributed by atoms with Crippen molar-refractivity contribution < 1.29 is 26.9 Å². The number of hydrogen-bond acceptors (Lipinski definition) is 8. The van der Waals surface area contributed by atoms with Crippen molar-refractivity contribution >= 4 is 44.2 Å².